The number of nitrogens with one attached hydrogen (secondary N) is 1. The van der Waals surface area contributed by atoms with Crippen LogP contribution in [0.15, 0.2) is 17.1 Å². The molecule has 0 rings (SSSR count). The van der Waals surface area contributed by atoms with Crippen LogP contribution in [0.3, 0.4) is 0 Å². The van der Waals surface area contributed by atoms with Gasteiger partial charge in [-0.05, 0) is 20.3 Å². The van der Waals surface area contributed by atoms with E-state index in [1.807, 2.05) is 6.92 Å². The molecule has 1 unspecified atom stereocenters. The van der Waals surface area contributed by atoms with Crippen molar-refractivity contribution in [2.45, 2.75) is 33.2 Å². The van der Waals surface area contributed by atoms with Crippen molar-refractivity contribution in [2.75, 3.05) is 19.8 Å². The Labute approximate surface area is 92.6 Å². The van der Waals surface area contributed by atoms with Crippen LogP contribution in [0.25, 0.3) is 0 Å². The van der Waals surface area contributed by atoms with Gasteiger partial charge in [-0.3, -0.25) is 4.99 Å². The predicted molar refractivity (Wildman–Crippen MR) is 65.0 cm³/mol. The molecule has 0 aromatic heterocycles. The average Bonchev–Trinajstić information content (AvgIpc) is 2.16. The maximum atomic E-state index is 5.66. The molecule has 4 nitrogen and oxygen atoms in total. The Balaban J connectivity index is 3.54. The summed E-state index contributed by atoms with van der Waals surface area (Å²) in [5, 5.41) is 3.08. The van der Waals surface area contributed by atoms with Gasteiger partial charge in [0.2, 0.25) is 0 Å². The second-order valence-electron chi connectivity index (χ2n) is 3.73. The second-order valence-corrected chi connectivity index (χ2v) is 3.73. The molecule has 0 aliphatic heterocycles. The fourth-order valence-electron chi connectivity index (χ4n) is 0.877. The minimum Gasteiger partial charge on any atom is -0.375 e. The van der Waals surface area contributed by atoms with Crippen molar-refractivity contribution in [3.05, 3.63) is 12.2 Å². The molecule has 0 heterocycles. The molecule has 88 valence electrons. The van der Waals surface area contributed by atoms with Gasteiger partial charge in [0.25, 0.3) is 0 Å². The van der Waals surface area contributed by atoms with E-state index in [2.05, 4.69) is 30.7 Å². The molecule has 1 atom stereocenters. The van der Waals surface area contributed by atoms with E-state index in [0.717, 1.165) is 12.0 Å². The summed E-state index contributed by atoms with van der Waals surface area (Å²) in [6.07, 6.45) is 1.03. The van der Waals surface area contributed by atoms with Crippen LogP contribution in [-0.2, 0) is 4.74 Å². The molecular formula is C11H23N3O. The third kappa shape index (κ3) is 9.28. The van der Waals surface area contributed by atoms with E-state index in [4.69, 9.17) is 10.5 Å². The molecule has 0 bridgehead atoms. The maximum Gasteiger partial charge on any atom is 0.188 e. The summed E-state index contributed by atoms with van der Waals surface area (Å²) >= 11 is 0. The SMILES string of the molecule is C=C(C)COCCN=C(N)NC(C)CC. The molecule has 15 heavy (non-hydrogen) atoms. The Morgan fingerprint density at radius 2 is 2.27 bits per heavy atom. The molecule has 0 aliphatic carbocycles. The lowest BCUT2D eigenvalue weighted by molar-refractivity contribution is 0.164. The highest BCUT2D eigenvalue weighted by Crippen LogP contribution is 1.88. The van der Waals surface area contributed by atoms with Gasteiger partial charge in [-0.2, -0.15) is 0 Å². The van der Waals surface area contributed by atoms with E-state index in [0.29, 0.717) is 31.8 Å². The first-order chi connectivity index (χ1) is 7.06. The van der Waals surface area contributed by atoms with Crippen LogP contribution in [0.5, 0.6) is 0 Å². The fourth-order valence-corrected chi connectivity index (χ4v) is 0.877. The van der Waals surface area contributed by atoms with Crippen LogP contribution in [0, 0.1) is 0 Å². The van der Waals surface area contributed by atoms with Crippen molar-refractivity contribution >= 4 is 5.96 Å². The van der Waals surface area contributed by atoms with Gasteiger partial charge in [0.1, 0.15) is 0 Å². The number of ether oxygens (including phenoxy) is 1. The van der Waals surface area contributed by atoms with Crippen LogP contribution >= 0.6 is 0 Å². The second kappa shape index (κ2) is 8.29. The normalized spacial score (nSPS) is 13.7. The standard InChI is InChI=1S/C11H23N3O/c1-5-10(4)14-11(12)13-6-7-15-8-9(2)3/h10H,2,5-8H2,1,3-4H3,(H3,12,13,14). The van der Waals surface area contributed by atoms with Gasteiger partial charge in [-0.1, -0.05) is 19.1 Å². The van der Waals surface area contributed by atoms with E-state index in [1.165, 1.54) is 0 Å². The van der Waals surface area contributed by atoms with Crippen LogP contribution in [0.4, 0.5) is 0 Å². The molecule has 0 radical (unpaired) electrons. The van der Waals surface area contributed by atoms with Crippen molar-refractivity contribution in [2.24, 2.45) is 10.7 Å². The largest absolute Gasteiger partial charge is 0.375 e. The molecule has 4 heteroatoms. The molecule has 0 saturated carbocycles. The molecule has 0 aromatic rings. The topological polar surface area (TPSA) is 59.6 Å². The van der Waals surface area contributed by atoms with Gasteiger partial charge < -0.3 is 15.8 Å². The van der Waals surface area contributed by atoms with E-state index < -0.39 is 0 Å². The average molecular weight is 213 g/mol. The number of nitrogens with two attached hydrogens (primary N) is 1. The maximum absolute atomic E-state index is 5.66. The number of rotatable bonds is 7. The van der Waals surface area contributed by atoms with E-state index >= 15 is 0 Å². The van der Waals surface area contributed by atoms with Crippen LogP contribution in [0.1, 0.15) is 27.2 Å². The monoisotopic (exact) mass is 213 g/mol. The minimum absolute atomic E-state index is 0.366. The highest BCUT2D eigenvalue weighted by Gasteiger charge is 1.97. The Bertz CT molecular complexity index is 214. The van der Waals surface area contributed by atoms with Gasteiger partial charge in [-0.25, -0.2) is 0 Å². The molecule has 0 spiro atoms. The number of aliphatic imine (C=N–C) groups is 1. The Kier molecular flexibility index (Phi) is 7.72. The quantitative estimate of drug-likeness (QED) is 0.290. The minimum atomic E-state index is 0.366. The number of nitrogens with zero attached hydrogens (tertiary/aromatic N) is 1. The summed E-state index contributed by atoms with van der Waals surface area (Å²) in [5.41, 5.74) is 6.68. The zero-order valence-corrected chi connectivity index (χ0v) is 10.0. The smallest absolute Gasteiger partial charge is 0.188 e. The Hall–Kier alpha value is -1.03. The third-order valence-corrected chi connectivity index (χ3v) is 1.87. The van der Waals surface area contributed by atoms with Crippen molar-refractivity contribution in [3.63, 3.8) is 0 Å². The molecule has 0 fully saturated rings. The predicted octanol–water partition coefficient (Wildman–Crippen LogP) is 1.28. The van der Waals surface area contributed by atoms with Gasteiger partial charge in [-0.15, -0.1) is 0 Å². The zero-order valence-electron chi connectivity index (χ0n) is 10.0. The molecular weight excluding hydrogens is 190 g/mol. The van der Waals surface area contributed by atoms with Crippen LogP contribution in [-0.4, -0.2) is 31.8 Å². The van der Waals surface area contributed by atoms with Crippen molar-refractivity contribution in [3.8, 4) is 0 Å². The van der Waals surface area contributed by atoms with Gasteiger partial charge in [0.15, 0.2) is 5.96 Å². The first kappa shape index (κ1) is 14.0. The lowest BCUT2D eigenvalue weighted by Gasteiger charge is -2.11. The lowest BCUT2D eigenvalue weighted by atomic mass is 10.3. The summed E-state index contributed by atoms with van der Waals surface area (Å²) in [4.78, 5) is 4.14. The zero-order chi connectivity index (χ0) is 11.7. The Morgan fingerprint density at radius 3 is 2.80 bits per heavy atom. The molecule has 0 amide bonds. The van der Waals surface area contributed by atoms with E-state index in [-0.39, 0.29) is 0 Å². The third-order valence-electron chi connectivity index (χ3n) is 1.87. The fraction of sp³-hybridized carbons (Fsp3) is 0.727. The number of hydrogen-bond acceptors (Lipinski definition) is 2. The van der Waals surface area contributed by atoms with Crippen molar-refractivity contribution < 1.29 is 4.74 Å². The van der Waals surface area contributed by atoms with Gasteiger partial charge in [0, 0.05) is 6.04 Å². The highest BCUT2D eigenvalue weighted by atomic mass is 16.5. The Morgan fingerprint density at radius 1 is 1.60 bits per heavy atom. The summed E-state index contributed by atoms with van der Waals surface area (Å²) in [6.45, 7) is 11.6. The summed E-state index contributed by atoms with van der Waals surface area (Å²) in [6, 6.07) is 0.366. The first-order valence-corrected chi connectivity index (χ1v) is 5.34. The van der Waals surface area contributed by atoms with Crippen LogP contribution in [0.2, 0.25) is 0 Å². The van der Waals surface area contributed by atoms with E-state index in [9.17, 15) is 0 Å². The molecule has 0 saturated heterocycles. The van der Waals surface area contributed by atoms with Gasteiger partial charge in [0.05, 0.1) is 19.8 Å². The summed E-state index contributed by atoms with van der Waals surface area (Å²) in [7, 11) is 0. The van der Waals surface area contributed by atoms with Crippen LogP contribution < -0.4 is 11.1 Å². The number of guanidine groups is 1. The first-order valence-electron chi connectivity index (χ1n) is 5.34. The van der Waals surface area contributed by atoms with E-state index in [1.54, 1.807) is 0 Å². The molecule has 0 aromatic carbocycles. The number of hydrogen-bond donors (Lipinski definition) is 2. The summed E-state index contributed by atoms with van der Waals surface area (Å²) < 4.78 is 5.29. The summed E-state index contributed by atoms with van der Waals surface area (Å²) in [5.74, 6) is 0.489. The van der Waals surface area contributed by atoms with Gasteiger partial charge >= 0.3 is 0 Å². The van der Waals surface area contributed by atoms with Crippen molar-refractivity contribution in [1.82, 2.24) is 5.32 Å². The molecule has 0 aliphatic rings. The molecule has 3 N–H and O–H groups in total. The lowest BCUT2D eigenvalue weighted by Crippen LogP contribution is -2.38. The van der Waals surface area contributed by atoms with Crippen molar-refractivity contribution in [1.29, 1.82) is 0 Å². The highest BCUT2D eigenvalue weighted by molar-refractivity contribution is 5.78.